The fourth-order valence-corrected chi connectivity index (χ4v) is 2.16. The van der Waals surface area contributed by atoms with E-state index in [-0.39, 0.29) is 0 Å². The van der Waals surface area contributed by atoms with Crippen LogP contribution in [0.5, 0.6) is 0 Å². The normalized spacial score (nSPS) is 10.3. The molecular formula is C12H11Br2N3. The largest absolute Gasteiger partial charge is 0.369 e. The molecule has 1 aromatic heterocycles. The summed E-state index contributed by atoms with van der Waals surface area (Å²) in [6.07, 6.45) is 1.77. The van der Waals surface area contributed by atoms with Gasteiger partial charge in [-0.05, 0) is 35.0 Å². The third-order valence-corrected chi connectivity index (χ3v) is 3.24. The van der Waals surface area contributed by atoms with Crippen molar-refractivity contribution in [3.8, 4) is 11.4 Å². The molecule has 0 aliphatic carbocycles. The number of halogens is 2. The fraction of sp³-hybridized carbons (Fsp3) is 0.167. The van der Waals surface area contributed by atoms with Crippen molar-refractivity contribution in [2.45, 2.75) is 6.92 Å². The van der Waals surface area contributed by atoms with Gasteiger partial charge in [0.1, 0.15) is 5.82 Å². The van der Waals surface area contributed by atoms with Gasteiger partial charge in [-0.3, -0.25) is 0 Å². The third kappa shape index (κ3) is 3.04. The van der Waals surface area contributed by atoms with Crippen LogP contribution in [0.15, 0.2) is 39.4 Å². The van der Waals surface area contributed by atoms with Gasteiger partial charge in [0.25, 0.3) is 0 Å². The van der Waals surface area contributed by atoms with Crippen LogP contribution in [-0.2, 0) is 0 Å². The monoisotopic (exact) mass is 355 g/mol. The highest BCUT2D eigenvalue weighted by Gasteiger charge is 2.06. The van der Waals surface area contributed by atoms with Crippen LogP contribution in [0.1, 0.15) is 6.92 Å². The zero-order chi connectivity index (χ0) is 12.3. The van der Waals surface area contributed by atoms with Gasteiger partial charge < -0.3 is 5.32 Å². The summed E-state index contributed by atoms with van der Waals surface area (Å²) >= 11 is 6.86. The molecule has 2 aromatic rings. The summed E-state index contributed by atoms with van der Waals surface area (Å²) in [5.41, 5.74) is 0.992. The van der Waals surface area contributed by atoms with Crippen LogP contribution < -0.4 is 5.32 Å². The first kappa shape index (κ1) is 12.5. The van der Waals surface area contributed by atoms with E-state index >= 15 is 0 Å². The second kappa shape index (κ2) is 5.60. The zero-order valence-electron chi connectivity index (χ0n) is 9.24. The minimum absolute atomic E-state index is 0.713. The topological polar surface area (TPSA) is 37.8 Å². The highest BCUT2D eigenvalue weighted by Crippen LogP contribution is 2.24. The molecule has 0 saturated carbocycles. The van der Waals surface area contributed by atoms with Crippen molar-refractivity contribution in [2.75, 3.05) is 11.9 Å². The Bertz CT molecular complexity index is 529. The summed E-state index contributed by atoms with van der Waals surface area (Å²) in [7, 11) is 0. The highest BCUT2D eigenvalue weighted by atomic mass is 79.9. The number of nitrogens with one attached hydrogen (secondary N) is 1. The summed E-state index contributed by atoms with van der Waals surface area (Å²) < 4.78 is 1.89. The Balaban J connectivity index is 2.42. The van der Waals surface area contributed by atoms with Gasteiger partial charge in [-0.2, -0.15) is 0 Å². The molecule has 1 aromatic carbocycles. The van der Waals surface area contributed by atoms with Gasteiger partial charge >= 0.3 is 0 Å². The van der Waals surface area contributed by atoms with E-state index in [0.717, 1.165) is 26.9 Å². The minimum Gasteiger partial charge on any atom is -0.369 e. The van der Waals surface area contributed by atoms with Crippen LogP contribution in [0.4, 0.5) is 5.82 Å². The Labute approximate surface area is 117 Å². The van der Waals surface area contributed by atoms with Gasteiger partial charge in [0.2, 0.25) is 0 Å². The Morgan fingerprint density at radius 1 is 1.29 bits per heavy atom. The van der Waals surface area contributed by atoms with Gasteiger partial charge in [-0.15, -0.1) is 0 Å². The number of nitrogens with zero attached hydrogens (tertiary/aromatic N) is 2. The minimum atomic E-state index is 0.713. The van der Waals surface area contributed by atoms with E-state index in [1.807, 2.05) is 31.2 Å². The summed E-state index contributed by atoms with van der Waals surface area (Å²) in [4.78, 5) is 8.80. The van der Waals surface area contributed by atoms with Crippen molar-refractivity contribution in [3.63, 3.8) is 0 Å². The molecule has 1 N–H and O–H groups in total. The predicted molar refractivity (Wildman–Crippen MR) is 77.0 cm³/mol. The molecule has 2 rings (SSSR count). The molecule has 0 saturated heterocycles. The lowest BCUT2D eigenvalue weighted by molar-refractivity contribution is 1.10. The molecule has 0 aliphatic heterocycles. The number of benzene rings is 1. The molecule has 0 unspecified atom stereocenters. The van der Waals surface area contributed by atoms with Crippen LogP contribution in [-0.4, -0.2) is 16.5 Å². The lowest BCUT2D eigenvalue weighted by atomic mass is 10.2. The molecule has 1 heterocycles. The molecule has 0 amide bonds. The first-order chi connectivity index (χ1) is 8.20. The van der Waals surface area contributed by atoms with E-state index in [2.05, 4.69) is 47.1 Å². The molecule has 0 aliphatic rings. The summed E-state index contributed by atoms with van der Waals surface area (Å²) in [5.74, 6) is 1.53. The summed E-state index contributed by atoms with van der Waals surface area (Å²) in [6, 6.07) is 7.94. The van der Waals surface area contributed by atoms with Crippen LogP contribution in [0.3, 0.4) is 0 Å². The van der Waals surface area contributed by atoms with Crippen molar-refractivity contribution in [3.05, 3.63) is 39.4 Å². The number of anilines is 1. The summed E-state index contributed by atoms with van der Waals surface area (Å²) in [6.45, 7) is 2.86. The molecule has 0 bridgehead atoms. The van der Waals surface area contributed by atoms with E-state index in [1.165, 1.54) is 0 Å². The van der Waals surface area contributed by atoms with Gasteiger partial charge in [0, 0.05) is 22.8 Å². The quantitative estimate of drug-likeness (QED) is 0.899. The molecule has 3 nitrogen and oxygen atoms in total. The highest BCUT2D eigenvalue weighted by molar-refractivity contribution is 9.10. The number of hydrogen-bond donors (Lipinski definition) is 1. The summed E-state index contributed by atoms with van der Waals surface area (Å²) in [5, 5.41) is 3.19. The fourth-order valence-electron chi connectivity index (χ4n) is 1.43. The van der Waals surface area contributed by atoms with E-state index in [0.29, 0.717) is 5.82 Å². The van der Waals surface area contributed by atoms with Crippen LogP contribution in [0.2, 0.25) is 0 Å². The van der Waals surface area contributed by atoms with Crippen LogP contribution in [0.25, 0.3) is 11.4 Å². The van der Waals surface area contributed by atoms with Crippen molar-refractivity contribution < 1.29 is 0 Å². The molecule has 0 radical (unpaired) electrons. The third-order valence-electron chi connectivity index (χ3n) is 2.17. The molecule has 88 valence electrons. The van der Waals surface area contributed by atoms with Crippen molar-refractivity contribution >= 4 is 37.7 Å². The average Bonchev–Trinajstić information content (AvgIpc) is 2.32. The van der Waals surface area contributed by atoms with E-state index < -0.39 is 0 Å². The Morgan fingerprint density at radius 3 is 2.82 bits per heavy atom. The van der Waals surface area contributed by atoms with Gasteiger partial charge in [0.05, 0.1) is 4.47 Å². The second-order valence-electron chi connectivity index (χ2n) is 3.43. The Morgan fingerprint density at radius 2 is 2.12 bits per heavy atom. The maximum absolute atomic E-state index is 4.48. The molecular weight excluding hydrogens is 346 g/mol. The second-order valence-corrected chi connectivity index (χ2v) is 5.20. The van der Waals surface area contributed by atoms with Crippen LogP contribution >= 0.6 is 31.9 Å². The first-order valence-electron chi connectivity index (χ1n) is 5.23. The molecule has 17 heavy (non-hydrogen) atoms. The van der Waals surface area contributed by atoms with Gasteiger partial charge in [-0.1, -0.05) is 28.1 Å². The Kier molecular flexibility index (Phi) is 4.12. The lowest BCUT2D eigenvalue weighted by Gasteiger charge is -2.07. The van der Waals surface area contributed by atoms with Crippen LogP contribution in [0, 0.1) is 0 Å². The zero-order valence-corrected chi connectivity index (χ0v) is 12.4. The number of hydrogen-bond acceptors (Lipinski definition) is 3. The van der Waals surface area contributed by atoms with E-state index in [4.69, 9.17) is 0 Å². The molecule has 0 fully saturated rings. The van der Waals surface area contributed by atoms with E-state index in [9.17, 15) is 0 Å². The Hall–Kier alpha value is -0.940. The SMILES string of the molecule is CCNc1nc(-c2cccc(Br)c2)ncc1Br. The van der Waals surface area contributed by atoms with Gasteiger partial charge in [0.15, 0.2) is 5.82 Å². The van der Waals surface area contributed by atoms with Crippen molar-refractivity contribution in [1.29, 1.82) is 0 Å². The number of aromatic nitrogens is 2. The van der Waals surface area contributed by atoms with Crippen molar-refractivity contribution in [1.82, 2.24) is 9.97 Å². The molecule has 0 atom stereocenters. The lowest BCUT2D eigenvalue weighted by Crippen LogP contribution is -2.02. The van der Waals surface area contributed by atoms with Gasteiger partial charge in [-0.25, -0.2) is 9.97 Å². The van der Waals surface area contributed by atoms with Crippen molar-refractivity contribution in [2.24, 2.45) is 0 Å². The standard InChI is InChI=1S/C12H11Br2N3/c1-2-15-12-10(14)7-16-11(17-12)8-4-3-5-9(13)6-8/h3-7H,2H2,1H3,(H,15,16,17). The smallest absolute Gasteiger partial charge is 0.161 e. The average molecular weight is 357 g/mol. The molecule has 0 spiro atoms. The predicted octanol–water partition coefficient (Wildman–Crippen LogP) is 4.10. The maximum atomic E-state index is 4.48. The van der Waals surface area contributed by atoms with E-state index in [1.54, 1.807) is 6.20 Å². The number of rotatable bonds is 3. The maximum Gasteiger partial charge on any atom is 0.161 e. The first-order valence-corrected chi connectivity index (χ1v) is 6.81. The molecule has 5 heteroatoms.